The molecule has 0 spiro atoms. The van der Waals surface area contributed by atoms with Crippen molar-refractivity contribution in [1.29, 1.82) is 0 Å². The van der Waals surface area contributed by atoms with Gasteiger partial charge in [0.25, 0.3) is 0 Å². The Hall–Kier alpha value is -1.93. The zero-order valence-corrected chi connectivity index (χ0v) is 17.1. The molecule has 0 atom stereocenters. The van der Waals surface area contributed by atoms with E-state index < -0.39 is 0 Å². The van der Waals surface area contributed by atoms with Gasteiger partial charge in [-0.2, -0.15) is 5.10 Å². The molecule has 0 saturated heterocycles. The molecule has 10 heteroatoms. The van der Waals surface area contributed by atoms with Gasteiger partial charge in [0.2, 0.25) is 0 Å². The number of benzene rings is 1. The monoisotopic (exact) mass is 442 g/mol. The van der Waals surface area contributed by atoms with Crippen molar-refractivity contribution in [1.82, 2.24) is 14.8 Å². The number of halogens is 3. The second-order valence-corrected chi connectivity index (χ2v) is 7.46. The maximum Gasteiger partial charge on any atom is 0.151 e. The van der Waals surface area contributed by atoms with Crippen LogP contribution in [0.5, 0.6) is 0 Å². The number of allylic oxidation sites excluding steroid dienone is 2. The first-order chi connectivity index (χ1) is 13.1. The van der Waals surface area contributed by atoms with Crippen molar-refractivity contribution in [3.8, 4) is 0 Å². The molecule has 0 fully saturated rings. The van der Waals surface area contributed by atoms with Crippen LogP contribution in [-0.4, -0.2) is 20.6 Å². The van der Waals surface area contributed by atoms with Gasteiger partial charge in [0.1, 0.15) is 5.69 Å². The van der Waals surface area contributed by atoms with Gasteiger partial charge in [-0.25, -0.2) is 0 Å². The minimum absolute atomic E-state index is 0.439. The Morgan fingerprint density at radius 1 is 1.37 bits per heavy atom. The summed E-state index contributed by atoms with van der Waals surface area (Å²) in [5.41, 5.74) is 14.3. The van der Waals surface area contributed by atoms with Crippen molar-refractivity contribution >= 4 is 69.0 Å². The van der Waals surface area contributed by atoms with E-state index in [1.807, 2.05) is 18.3 Å². The fourth-order valence-corrected chi connectivity index (χ4v) is 4.02. The van der Waals surface area contributed by atoms with Gasteiger partial charge < -0.3 is 21.2 Å². The molecule has 0 saturated carbocycles. The Balaban J connectivity index is 1.89. The summed E-state index contributed by atoms with van der Waals surface area (Å²) in [6.45, 7) is 0.546. The molecule has 0 bridgehead atoms. The Labute approximate surface area is 175 Å². The summed E-state index contributed by atoms with van der Waals surface area (Å²) >= 11 is 19.8. The third kappa shape index (κ3) is 4.16. The number of nitrogens with one attached hydrogen (secondary N) is 2. The zero-order valence-electron chi connectivity index (χ0n) is 14.0. The molecular formula is C17H17Cl3N6S. The number of aromatic nitrogens is 3. The van der Waals surface area contributed by atoms with Gasteiger partial charge in [0, 0.05) is 28.7 Å². The smallest absolute Gasteiger partial charge is 0.151 e. The SMILES string of the molecule is N/C=C\C=C(/N)c1c(Cl)ccc2c(SNc3cnn(CCCl)c3Cl)c[nH]c12. The predicted molar refractivity (Wildman–Crippen MR) is 116 cm³/mol. The average Bonchev–Trinajstić information content (AvgIpc) is 3.22. The number of nitrogens with zero attached hydrogens (tertiary/aromatic N) is 2. The summed E-state index contributed by atoms with van der Waals surface area (Å²) in [5, 5.41) is 6.24. The summed E-state index contributed by atoms with van der Waals surface area (Å²) in [6, 6.07) is 3.75. The number of fused-ring (bicyclic) bond motifs is 1. The van der Waals surface area contributed by atoms with Gasteiger partial charge in [-0.05, 0) is 36.4 Å². The molecule has 27 heavy (non-hydrogen) atoms. The minimum Gasteiger partial charge on any atom is -0.405 e. The molecule has 1 aromatic carbocycles. The van der Waals surface area contributed by atoms with Crippen LogP contribution >= 0.6 is 46.8 Å². The Bertz CT molecular complexity index is 1010. The number of H-pyrrole nitrogens is 1. The first kappa shape index (κ1) is 19.8. The average molecular weight is 444 g/mol. The van der Waals surface area contributed by atoms with Crippen molar-refractivity contribution in [2.45, 2.75) is 11.4 Å². The number of rotatable bonds is 7. The molecule has 2 aromatic heterocycles. The van der Waals surface area contributed by atoms with E-state index in [1.165, 1.54) is 18.1 Å². The minimum atomic E-state index is 0.439. The normalized spacial score (nSPS) is 12.3. The first-order valence-corrected chi connectivity index (χ1v) is 10.0. The fourth-order valence-electron chi connectivity index (χ4n) is 2.54. The van der Waals surface area contributed by atoms with E-state index in [-0.39, 0.29) is 0 Å². The lowest BCUT2D eigenvalue weighted by molar-refractivity contribution is 0.665. The number of aromatic amines is 1. The van der Waals surface area contributed by atoms with Crippen LogP contribution in [-0.2, 0) is 6.54 Å². The lowest BCUT2D eigenvalue weighted by Crippen LogP contribution is -2.00. The molecule has 142 valence electrons. The van der Waals surface area contributed by atoms with Crippen LogP contribution in [0, 0.1) is 0 Å². The van der Waals surface area contributed by atoms with Crippen LogP contribution in [0.2, 0.25) is 10.2 Å². The summed E-state index contributed by atoms with van der Waals surface area (Å²) in [5.74, 6) is 0.439. The van der Waals surface area contributed by atoms with E-state index in [4.69, 9.17) is 46.3 Å². The molecule has 2 heterocycles. The Morgan fingerprint density at radius 3 is 2.93 bits per heavy atom. The van der Waals surface area contributed by atoms with Gasteiger partial charge in [-0.15, -0.1) is 11.6 Å². The molecule has 0 radical (unpaired) electrons. The number of aryl methyl sites for hydroxylation is 1. The van der Waals surface area contributed by atoms with Crippen molar-refractivity contribution < 1.29 is 0 Å². The lowest BCUT2D eigenvalue weighted by Gasteiger charge is -2.07. The molecule has 0 aliphatic heterocycles. The molecule has 3 aromatic rings. The maximum atomic E-state index is 6.35. The first-order valence-electron chi connectivity index (χ1n) is 7.91. The molecule has 0 aliphatic carbocycles. The van der Waals surface area contributed by atoms with E-state index in [9.17, 15) is 0 Å². The number of hydrogen-bond acceptors (Lipinski definition) is 5. The maximum absolute atomic E-state index is 6.35. The van der Waals surface area contributed by atoms with Crippen molar-refractivity contribution in [3.05, 3.63) is 58.6 Å². The molecule has 0 aliphatic rings. The summed E-state index contributed by atoms with van der Waals surface area (Å²) in [4.78, 5) is 4.20. The Morgan fingerprint density at radius 2 is 2.19 bits per heavy atom. The Kier molecular flexibility index (Phi) is 6.49. The zero-order chi connectivity index (χ0) is 19.4. The highest BCUT2D eigenvalue weighted by molar-refractivity contribution is 8.00. The van der Waals surface area contributed by atoms with Crippen LogP contribution < -0.4 is 16.2 Å². The van der Waals surface area contributed by atoms with Gasteiger partial charge in [-0.3, -0.25) is 4.68 Å². The summed E-state index contributed by atoms with van der Waals surface area (Å²) in [7, 11) is 0. The quantitative estimate of drug-likeness (QED) is 0.239. The van der Waals surface area contributed by atoms with Crippen LogP contribution in [0.1, 0.15) is 5.56 Å². The molecule has 6 N–H and O–H groups in total. The second-order valence-electron chi connectivity index (χ2n) is 5.47. The van der Waals surface area contributed by atoms with Crippen LogP contribution in [0.15, 0.2) is 47.8 Å². The van der Waals surface area contributed by atoms with Gasteiger partial charge in [0.05, 0.1) is 28.2 Å². The van der Waals surface area contributed by atoms with Crippen molar-refractivity contribution in [3.63, 3.8) is 0 Å². The molecule has 0 amide bonds. The summed E-state index contributed by atoms with van der Waals surface area (Å²) in [6.07, 6.45) is 8.32. The van der Waals surface area contributed by atoms with Gasteiger partial charge >= 0.3 is 0 Å². The van der Waals surface area contributed by atoms with Gasteiger partial charge in [-0.1, -0.05) is 29.3 Å². The van der Waals surface area contributed by atoms with Crippen LogP contribution in [0.4, 0.5) is 5.69 Å². The van der Waals surface area contributed by atoms with Crippen LogP contribution in [0.3, 0.4) is 0 Å². The van der Waals surface area contributed by atoms with E-state index >= 15 is 0 Å². The second kappa shape index (κ2) is 8.84. The highest BCUT2D eigenvalue weighted by Crippen LogP contribution is 2.36. The predicted octanol–water partition coefficient (Wildman–Crippen LogP) is 4.80. The van der Waals surface area contributed by atoms with Crippen molar-refractivity contribution in [2.24, 2.45) is 11.5 Å². The molecule has 3 rings (SSSR count). The number of hydrogen-bond donors (Lipinski definition) is 4. The lowest BCUT2D eigenvalue weighted by atomic mass is 10.1. The molecule has 0 unspecified atom stereocenters. The largest absolute Gasteiger partial charge is 0.405 e. The van der Waals surface area contributed by atoms with E-state index in [1.54, 1.807) is 23.0 Å². The van der Waals surface area contributed by atoms with E-state index in [0.717, 1.165) is 21.4 Å². The molecular weight excluding hydrogens is 427 g/mol. The highest BCUT2D eigenvalue weighted by Gasteiger charge is 2.14. The number of anilines is 1. The highest BCUT2D eigenvalue weighted by atomic mass is 35.5. The van der Waals surface area contributed by atoms with Crippen LogP contribution in [0.25, 0.3) is 16.6 Å². The third-order valence-electron chi connectivity index (χ3n) is 3.79. The fraction of sp³-hybridized carbons (Fsp3) is 0.118. The van der Waals surface area contributed by atoms with Crippen molar-refractivity contribution in [2.75, 3.05) is 10.6 Å². The molecule has 6 nitrogen and oxygen atoms in total. The van der Waals surface area contributed by atoms with E-state index in [2.05, 4.69) is 14.8 Å². The van der Waals surface area contributed by atoms with Gasteiger partial charge in [0.15, 0.2) is 5.15 Å². The topological polar surface area (TPSA) is 97.7 Å². The number of alkyl halides is 1. The van der Waals surface area contributed by atoms with E-state index in [0.29, 0.717) is 34.0 Å². The standard InChI is InChI=1S/C17H17Cl3N6S/c18-5-7-26-17(20)13(8-24-26)25-27-14-9-23-16-10(14)3-4-11(19)15(16)12(22)2-1-6-21/h1-4,6,8-9,23,25H,5,7,21-22H2/b6-1-,12-2-. The summed E-state index contributed by atoms with van der Waals surface area (Å²) < 4.78 is 4.86. The third-order valence-corrected chi connectivity index (χ3v) is 5.55. The number of nitrogens with two attached hydrogens (primary N) is 2.